The molecule has 1 amide bonds. The van der Waals surface area contributed by atoms with E-state index in [2.05, 4.69) is 10.2 Å². The summed E-state index contributed by atoms with van der Waals surface area (Å²) in [7, 11) is 1.63. The van der Waals surface area contributed by atoms with Crippen molar-refractivity contribution in [2.75, 3.05) is 26.7 Å². The number of hydrogen-bond acceptors (Lipinski definition) is 3. The van der Waals surface area contributed by atoms with Crippen LogP contribution in [0.15, 0.2) is 23.2 Å². The van der Waals surface area contributed by atoms with Gasteiger partial charge < -0.3 is 20.7 Å². The molecular weight excluding hydrogens is 467 g/mol. The first-order valence-electron chi connectivity index (χ1n) is 8.67. The lowest BCUT2D eigenvalue weighted by Crippen LogP contribution is -2.47. The average Bonchev–Trinajstić information content (AvgIpc) is 2.59. The van der Waals surface area contributed by atoms with Crippen LogP contribution in [0.5, 0.6) is 5.75 Å². The van der Waals surface area contributed by atoms with E-state index >= 15 is 0 Å². The summed E-state index contributed by atoms with van der Waals surface area (Å²) < 4.78 is 5.39. The average molecular weight is 495 g/mol. The lowest BCUT2D eigenvalue weighted by atomic mass is 9.95. The van der Waals surface area contributed by atoms with Crippen molar-refractivity contribution >= 4 is 47.4 Å². The fourth-order valence-electron chi connectivity index (χ4n) is 3.14. The van der Waals surface area contributed by atoms with Gasteiger partial charge in [0.2, 0.25) is 5.91 Å². The van der Waals surface area contributed by atoms with Gasteiger partial charge >= 0.3 is 0 Å². The monoisotopic (exact) mass is 494 g/mol. The Morgan fingerprint density at radius 2 is 2.27 bits per heavy atom. The molecule has 0 aliphatic carbocycles. The number of nitrogens with two attached hydrogens (primary N) is 1. The van der Waals surface area contributed by atoms with Gasteiger partial charge in [0.1, 0.15) is 5.75 Å². The Morgan fingerprint density at radius 3 is 2.92 bits per heavy atom. The van der Waals surface area contributed by atoms with Gasteiger partial charge in [-0.1, -0.05) is 17.7 Å². The molecule has 0 radical (unpaired) electrons. The third-order valence-corrected chi connectivity index (χ3v) is 4.53. The van der Waals surface area contributed by atoms with Crippen molar-refractivity contribution in [1.82, 2.24) is 10.2 Å². The number of carbonyl (C=O) groups is 1. The topological polar surface area (TPSA) is 80.0 Å². The van der Waals surface area contributed by atoms with E-state index in [0.29, 0.717) is 23.9 Å². The molecule has 1 aliphatic heterocycles. The quantitative estimate of drug-likeness (QED) is 0.362. The van der Waals surface area contributed by atoms with Gasteiger partial charge in [0.25, 0.3) is 0 Å². The molecule has 1 fully saturated rings. The number of nitrogens with zero attached hydrogens (tertiary/aromatic N) is 2. The van der Waals surface area contributed by atoms with Crippen molar-refractivity contribution in [1.29, 1.82) is 0 Å². The molecule has 0 spiro atoms. The van der Waals surface area contributed by atoms with Gasteiger partial charge in [-0.15, -0.1) is 24.0 Å². The van der Waals surface area contributed by atoms with E-state index in [4.69, 9.17) is 27.1 Å². The molecule has 1 heterocycles. The summed E-state index contributed by atoms with van der Waals surface area (Å²) in [6, 6.07) is 5.56. The highest BCUT2D eigenvalue weighted by Crippen LogP contribution is 2.24. The molecule has 1 atom stereocenters. The molecule has 1 aromatic rings. The molecule has 146 valence electrons. The van der Waals surface area contributed by atoms with Crippen molar-refractivity contribution in [2.45, 2.75) is 32.7 Å². The van der Waals surface area contributed by atoms with E-state index in [1.807, 2.05) is 19.1 Å². The van der Waals surface area contributed by atoms with E-state index < -0.39 is 0 Å². The molecule has 6 nitrogen and oxygen atoms in total. The second-order valence-electron chi connectivity index (χ2n) is 6.25. The van der Waals surface area contributed by atoms with Gasteiger partial charge in [0, 0.05) is 36.6 Å². The van der Waals surface area contributed by atoms with Gasteiger partial charge in [-0.25, -0.2) is 4.99 Å². The second kappa shape index (κ2) is 11.5. The molecule has 1 aliphatic rings. The number of ether oxygens (including phenoxy) is 1. The summed E-state index contributed by atoms with van der Waals surface area (Å²) in [6.45, 7) is 5.06. The summed E-state index contributed by atoms with van der Waals surface area (Å²) in [6.07, 6.45) is 2.50. The number of piperidine rings is 1. The minimum absolute atomic E-state index is 0. The Hall–Kier alpha value is -1.22. The number of guanidine groups is 1. The fourth-order valence-corrected chi connectivity index (χ4v) is 3.31. The second-order valence-corrected chi connectivity index (χ2v) is 6.69. The summed E-state index contributed by atoms with van der Waals surface area (Å²) in [4.78, 5) is 18.2. The number of hydrogen-bond donors (Lipinski definition) is 2. The standard InChI is InChI=1S/C18H27ClN4O2.HI/c1-3-21-18(23-8-4-5-13(12-23)9-17(20)24)22-11-14-6-7-15(19)10-16(14)25-2;/h6-7,10,13H,3-5,8-9,11-12H2,1-2H3,(H2,20,24)(H,21,22);1H. The Morgan fingerprint density at radius 1 is 1.50 bits per heavy atom. The molecular formula is C18H28ClIN4O2. The number of rotatable bonds is 6. The third-order valence-electron chi connectivity index (χ3n) is 4.29. The van der Waals surface area contributed by atoms with E-state index in [1.54, 1.807) is 13.2 Å². The zero-order chi connectivity index (χ0) is 18.2. The minimum Gasteiger partial charge on any atom is -0.496 e. The number of methoxy groups -OCH3 is 1. The van der Waals surface area contributed by atoms with E-state index in [-0.39, 0.29) is 29.9 Å². The lowest BCUT2D eigenvalue weighted by Gasteiger charge is -2.34. The highest BCUT2D eigenvalue weighted by atomic mass is 127. The number of benzene rings is 1. The summed E-state index contributed by atoms with van der Waals surface area (Å²) in [5.41, 5.74) is 6.33. The van der Waals surface area contributed by atoms with Crippen LogP contribution in [0.25, 0.3) is 0 Å². The van der Waals surface area contributed by atoms with Crippen molar-refractivity contribution in [3.05, 3.63) is 28.8 Å². The van der Waals surface area contributed by atoms with Gasteiger partial charge in [-0.05, 0) is 37.8 Å². The maximum Gasteiger partial charge on any atom is 0.217 e. The number of halogens is 2. The van der Waals surface area contributed by atoms with Crippen LogP contribution in [0, 0.1) is 5.92 Å². The largest absolute Gasteiger partial charge is 0.496 e. The first-order valence-corrected chi connectivity index (χ1v) is 9.05. The minimum atomic E-state index is -0.236. The first kappa shape index (κ1) is 22.8. The molecule has 2 rings (SSSR count). The van der Waals surface area contributed by atoms with Gasteiger partial charge in [0.15, 0.2) is 5.96 Å². The van der Waals surface area contributed by atoms with Crippen LogP contribution in [0.1, 0.15) is 31.7 Å². The zero-order valence-corrected chi connectivity index (χ0v) is 18.4. The van der Waals surface area contributed by atoms with Crippen molar-refractivity contribution in [2.24, 2.45) is 16.6 Å². The molecule has 1 aromatic carbocycles. The molecule has 8 heteroatoms. The van der Waals surface area contributed by atoms with Crippen LogP contribution in [-0.2, 0) is 11.3 Å². The predicted molar refractivity (Wildman–Crippen MR) is 116 cm³/mol. The summed E-state index contributed by atoms with van der Waals surface area (Å²) in [5, 5.41) is 3.98. The Labute approximate surface area is 177 Å². The molecule has 3 N–H and O–H groups in total. The van der Waals surface area contributed by atoms with Gasteiger partial charge in [-0.3, -0.25) is 4.79 Å². The Kier molecular flexibility index (Phi) is 10.1. The van der Waals surface area contributed by atoms with Crippen LogP contribution in [-0.4, -0.2) is 43.5 Å². The molecule has 1 unspecified atom stereocenters. The number of nitrogens with one attached hydrogen (secondary N) is 1. The maximum absolute atomic E-state index is 11.2. The number of amides is 1. The van der Waals surface area contributed by atoms with Crippen molar-refractivity contribution in [3.8, 4) is 5.75 Å². The molecule has 1 saturated heterocycles. The number of carbonyl (C=O) groups excluding carboxylic acids is 1. The Balaban J connectivity index is 0.00000338. The smallest absolute Gasteiger partial charge is 0.217 e. The molecule has 26 heavy (non-hydrogen) atoms. The SMILES string of the molecule is CCNC(=NCc1ccc(Cl)cc1OC)N1CCCC(CC(N)=O)C1.I. The number of aliphatic imine (C=N–C) groups is 1. The van der Waals surface area contributed by atoms with Gasteiger partial charge in [-0.2, -0.15) is 0 Å². The van der Waals surface area contributed by atoms with E-state index in [1.165, 1.54) is 0 Å². The van der Waals surface area contributed by atoms with Crippen LogP contribution in [0.2, 0.25) is 5.02 Å². The number of likely N-dealkylation sites (tertiary alicyclic amines) is 1. The molecule has 0 saturated carbocycles. The number of primary amides is 1. The first-order chi connectivity index (χ1) is 12.0. The van der Waals surface area contributed by atoms with E-state index in [9.17, 15) is 4.79 Å². The fraction of sp³-hybridized carbons (Fsp3) is 0.556. The Bertz CT molecular complexity index is 627. The molecule has 0 bridgehead atoms. The predicted octanol–water partition coefficient (Wildman–Crippen LogP) is 3.02. The third kappa shape index (κ3) is 6.83. The molecule has 0 aromatic heterocycles. The normalized spacial score (nSPS) is 17.4. The highest BCUT2D eigenvalue weighted by Gasteiger charge is 2.23. The van der Waals surface area contributed by atoms with Crippen molar-refractivity contribution < 1.29 is 9.53 Å². The van der Waals surface area contributed by atoms with Gasteiger partial charge in [0.05, 0.1) is 13.7 Å². The van der Waals surface area contributed by atoms with Crippen LogP contribution >= 0.6 is 35.6 Å². The van der Waals surface area contributed by atoms with E-state index in [0.717, 1.165) is 49.7 Å². The van der Waals surface area contributed by atoms with Crippen LogP contribution in [0.4, 0.5) is 0 Å². The summed E-state index contributed by atoms with van der Waals surface area (Å²) >= 11 is 6.01. The van der Waals surface area contributed by atoms with Crippen LogP contribution in [0.3, 0.4) is 0 Å². The van der Waals surface area contributed by atoms with Crippen molar-refractivity contribution in [3.63, 3.8) is 0 Å². The maximum atomic E-state index is 11.2. The lowest BCUT2D eigenvalue weighted by molar-refractivity contribution is -0.119. The summed E-state index contributed by atoms with van der Waals surface area (Å²) in [5.74, 6) is 1.64. The zero-order valence-electron chi connectivity index (χ0n) is 15.3. The highest BCUT2D eigenvalue weighted by molar-refractivity contribution is 14.0. The van der Waals surface area contributed by atoms with Crippen LogP contribution < -0.4 is 15.8 Å².